The Morgan fingerprint density at radius 3 is 2.85 bits per heavy atom. The maximum absolute atomic E-state index is 11.4. The first-order valence-electron chi connectivity index (χ1n) is 6.39. The number of halogens is 2. The van der Waals surface area contributed by atoms with Crippen LogP contribution in [0.15, 0.2) is 24.3 Å². The van der Waals surface area contributed by atoms with E-state index >= 15 is 0 Å². The monoisotopic (exact) mass is 430 g/mol. The zero-order chi connectivity index (χ0) is 13.9. The predicted octanol–water partition coefficient (Wildman–Crippen LogP) is 1.93. The first-order valence-corrected chi connectivity index (χ1v) is 9.36. The molecule has 4 nitrogen and oxygen atoms in total. The van der Waals surface area contributed by atoms with Gasteiger partial charge in [-0.15, -0.1) is 12.4 Å². The van der Waals surface area contributed by atoms with Crippen molar-refractivity contribution in [3.8, 4) is 0 Å². The van der Waals surface area contributed by atoms with E-state index in [1.165, 1.54) is 15.4 Å². The fourth-order valence-electron chi connectivity index (χ4n) is 2.50. The Morgan fingerprint density at radius 2 is 2.20 bits per heavy atom. The van der Waals surface area contributed by atoms with Crippen LogP contribution >= 0.6 is 35.0 Å². The van der Waals surface area contributed by atoms with Gasteiger partial charge in [-0.3, -0.25) is 0 Å². The van der Waals surface area contributed by atoms with Crippen molar-refractivity contribution in [2.24, 2.45) is 0 Å². The summed E-state index contributed by atoms with van der Waals surface area (Å²) in [7, 11) is -3.15. The summed E-state index contributed by atoms with van der Waals surface area (Å²) in [4.78, 5) is 0. The molecule has 1 aliphatic heterocycles. The van der Waals surface area contributed by atoms with Crippen molar-refractivity contribution in [2.45, 2.75) is 31.3 Å². The molecule has 2 rings (SSSR count). The third kappa shape index (κ3) is 5.85. The van der Waals surface area contributed by atoms with Crippen LogP contribution in [-0.2, 0) is 16.4 Å². The van der Waals surface area contributed by atoms with E-state index in [0.29, 0.717) is 0 Å². The summed E-state index contributed by atoms with van der Waals surface area (Å²) in [5, 5.41) is 3.43. The van der Waals surface area contributed by atoms with E-state index in [1.54, 1.807) is 0 Å². The highest BCUT2D eigenvalue weighted by molar-refractivity contribution is 14.1. The maximum Gasteiger partial charge on any atom is 0.209 e. The van der Waals surface area contributed by atoms with Crippen LogP contribution in [0, 0.1) is 3.57 Å². The van der Waals surface area contributed by atoms with Crippen LogP contribution in [0.1, 0.15) is 18.4 Å². The summed E-state index contributed by atoms with van der Waals surface area (Å²) < 4.78 is 26.8. The highest BCUT2D eigenvalue weighted by Gasteiger charge is 2.27. The normalized spacial score (nSPS) is 23.1. The zero-order valence-corrected chi connectivity index (χ0v) is 15.1. The van der Waals surface area contributed by atoms with Gasteiger partial charge in [0.1, 0.15) is 0 Å². The fraction of sp³-hybridized carbons (Fsp3) is 0.538. The van der Waals surface area contributed by atoms with Gasteiger partial charge >= 0.3 is 0 Å². The lowest BCUT2D eigenvalue weighted by atomic mass is 9.93. The minimum atomic E-state index is -3.15. The molecule has 0 aliphatic carbocycles. The molecule has 1 fully saturated rings. The van der Waals surface area contributed by atoms with Gasteiger partial charge in [0, 0.05) is 15.7 Å². The molecule has 1 aliphatic rings. The molecule has 7 heteroatoms. The average Bonchev–Trinajstić information content (AvgIpc) is 2.30. The number of benzene rings is 1. The largest absolute Gasteiger partial charge is 0.312 e. The van der Waals surface area contributed by atoms with Gasteiger partial charge in [0.05, 0.1) is 6.26 Å². The summed E-state index contributed by atoms with van der Waals surface area (Å²) >= 11 is 2.30. The minimum absolute atomic E-state index is 0. The second kappa shape index (κ2) is 7.93. The number of hydrogen-bond donors (Lipinski definition) is 2. The Kier molecular flexibility index (Phi) is 7.20. The van der Waals surface area contributed by atoms with Crippen molar-refractivity contribution in [1.82, 2.24) is 10.0 Å². The maximum atomic E-state index is 11.4. The van der Waals surface area contributed by atoms with Gasteiger partial charge in [0.15, 0.2) is 0 Å². The van der Waals surface area contributed by atoms with Crippen LogP contribution in [0.3, 0.4) is 0 Å². The van der Waals surface area contributed by atoms with Crippen LogP contribution < -0.4 is 10.0 Å². The SMILES string of the molecule is CS(=O)(=O)NC1CCCNC1Cc1cccc(I)c1.Cl. The molecule has 2 atom stereocenters. The van der Waals surface area contributed by atoms with Crippen LogP contribution in [-0.4, -0.2) is 33.3 Å². The lowest BCUT2D eigenvalue weighted by Crippen LogP contribution is -2.54. The molecule has 0 bridgehead atoms. The smallest absolute Gasteiger partial charge is 0.209 e. The van der Waals surface area contributed by atoms with E-state index in [4.69, 9.17) is 0 Å². The number of nitrogens with one attached hydrogen (secondary N) is 2. The van der Waals surface area contributed by atoms with E-state index in [0.717, 1.165) is 25.8 Å². The quantitative estimate of drug-likeness (QED) is 0.718. The summed E-state index contributed by atoms with van der Waals surface area (Å²) in [6.07, 6.45) is 3.98. The molecule has 1 aromatic rings. The summed E-state index contributed by atoms with van der Waals surface area (Å²) in [6.45, 7) is 0.955. The molecule has 0 amide bonds. The molecule has 2 unspecified atom stereocenters. The molecule has 1 aromatic carbocycles. The van der Waals surface area contributed by atoms with Gasteiger partial charge in [0.2, 0.25) is 10.0 Å². The Bertz CT molecular complexity index is 539. The molecule has 1 saturated heterocycles. The van der Waals surface area contributed by atoms with Crippen molar-refractivity contribution in [2.75, 3.05) is 12.8 Å². The number of piperidine rings is 1. The van der Waals surface area contributed by atoms with Gasteiger partial charge in [0.25, 0.3) is 0 Å². The Morgan fingerprint density at radius 1 is 1.45 bits per heavy atom. The standard InChI is InChI=1S/C13H19IN2O2S.ClH/c1-19(17,18)16-12-6-3-7-15-13(12)9-10-4-2-5-11(14)8-10;/h2,4-5,8,12-13,15-16H,3,6-7,9H2,1H3;1H. The van der Waals surface area contributed by atoms with Crippen LogP contribution in [0.2, 0.25) is 0 Å². The minimum Gasteiger partial charge on any atom is -0.312 e. The fourth-order valence-corrected chi connectivity index (χ4v) is 3.94. The molecule has 1 heterocycles. The summed E-state index contributed by atoms with van der Waals surface area (Å²) in [6, 6.07) is 8.50. The van der Waals surface area contributed by atoms with Crippen molar-refractivity contribution >= 4 is 45.0 Å². The van der Waals surface area contributed by atoms with Gasteiger partial charge in [-0.1, -0.05) is 12.1 Å². The summed E-state index contributed by atoms with van der Waals surface area (Å²) in [5.74, 6) is 0. The first-order chi connectivity index (χ1) is 8.94. The van der Waals surface area contributed by atoms with E-state index in [9.17, 15) is 8.42 Å². The highest BCUT2D eigenvalue weighted by Crippen LogP contribution is 2.16. The third-order valence-electron chi connectivity index (χ3n) is 3.29. The molecule has 0 spiro atoms. The van der Waals surface area contributed by atoms with Crippen LogP contribution in [0.25, 0.3) is 0 Å². The van der Waals surface area contributed by atoms with Gasteiger partial charge in [-0.25, -0.2) is 13.1 Å². The molecular weight excluding hydrogens is 411 g/mol. The van der Waals surface area contributed by atoms with Crippen molar-refractivity contribution in [1.29, 1.82) is 0 Å². The molecular formula is C13H20ClIN2O2S. The van der Waals surface area contributed by atoms with Crippen LogP contribution in [0.5, 0.6) is 0 Å². The first kappa shape index (κ1) is 18.2. The number of sulfonamides is 1. The number of hydrogen-bond acceptors (Lipinski definition) is 3. The predicted molar refractivity (Wildman–Crippen MR) is 92.9 cm³/mol. The lowest BCUT2D eigenvalue weighted by molar-refractivity contribution is 0.329. The average molecular weight is 431 g/mol. The number of rotatable bonds is 4. The Labute approximate surface area is 140 Å². The van der Waals surface area contributed by atoms with Crippen LogP contribution in [0.4, 0.5) is 0 Å². The van der Waals surface area contributed by atoms with Crippen molar-refractivity contribution < 1.29 is 8.42 Å². The second-order valence-corrected chi connectivity index (χ2v) is 8.06. The van der Waals surface area contributed by atoms with E-state index in [-0.39, 0.29) is 24.5 Å². The van der Waals surface area contributed by atoms with E-state index < -0.39 is 10.0 Å². The highest BCUT2D eigenvalue weighted by atomic mass is 127. The second-order valence-electron chi connectivity index (χ2n) is 5.03. The summed E-state index contributed by atoms with van der Waals surface area (Å²) in [5.41, 5.74) is 1.24. The molecule has 0 aromatic heterocycles. The molecule has 20 heavy (non-hydrogen) atoms. The molecule has 0 radical (unpaired) electrons. The third-order valence-corrected chi connectivity index (χ3v) is 4.70. The van der Waals surface area contributed by atoms with Crippen molar-refractivity contribution in [3.05, 3.63) is 33.4 Å². The lowest BCUT2D eigenvalue weighted by Gasteiger charge is -2.32. The van der Waals surface area contributed by atoms with E-state index in [1.807, 2.05) is 6.07 Å². The van der Waals surface area contributed by atoms with Gasteiger partial charge in [-0.05, 0) is 66.1 Å². The molecule has 0 saturated carbocycles. The Hall–Kier alpha value is 0.110. The van der Waals surface area contributed by atoms with Gasteiger partial charge < -0.3 is 5.32 Å². The van der Waals surface area contributed by atoms with Gasteiger partial charge in [-0.2, -0.15) is 0 Å². The van der Waals surface area contributed by atoms with E-state index in [2.05, 4.69) is 50.8 Å². The van der Waals surface area contributed by atoms with Crippen molar-refractivity contribution in [3.63, 3.8) is 0 Å². The topological polar surface area (TPSA) is 58.2 Å². The zero-order valence-electron chi connectivity index (χ0n) is 11.3. The molecule has 114 valence electrons. The Balaban J connectivity index is 0.00000200. The molecule has 2 N–H and O–H groups in total.